The Bertz CT molecular complexity index is 301. The van der Waals surface area contributed by atoms with E-state index < -0.39 is 0 Å². The van der Waals surface area contributed by atoms with Crippen LogP contribution in [0.15, 0.2) is 24.3 Å². The van der Waals surface area contributed by atoms with Crippen molar-refractivity contribution >= 4 is 0 Å². The van der Waals surface area contributed by atoms with E-state index in [-0.39, 0.29) is 6.10 Å². The minimum atomic E-state index is 0.270. The second-order valence-electron chi connectivity index (χ2n) is 5.01. The summed E-state index contributed by atoms with van der Waals surface area (Å²) in [6.45, 7) is 9.77. The Morgan fingerprint density at radius 3 is 2.12 bits per heavy atom. The predicted octanol–water partition coefficient (Wildman–Crippen LogP) is 3.69. The monoisotopic (exact) mass is 236 g/mol. The van der Waals surface area contributed by atoms with Crippen molar-refractivity contribution in [2.45, 2.75) is 40.2 Å². The molecule has 0 aliphatic heterocycles. The average Bonchev–Trinajstić information content (AvgIpc) is 2.25. The summed E-state index contributed by atoms with van der Waals surface area (Å²) in [6, 6.07) is 8.34. The van der Waals surface area contributed by atoms with Crippen LogP contribution in [-0.4, -0.2) is 19.3 Å². The van der Waals surface area contributed by atoms with Crippen LogP contribution in [0.1, 0.15) is 33.3 Å². The fraction of sp³-hybridized carbons (Fsp3) is 0.600. The van der Waals surface area contributed by atoms with Crippen LogP contribution >= 0.6 is 0 Å². The second-order valence-corrected chi connectivity index (χ2v) is 5.01. The van der Waals surface area contributed by atoms with E-state index in [4.69, 9.17) is 9.47 Å². The first-order valence-corrected chi connectivity index (χ1v) is 6.41. The zero-order valence-corrected chi connectivity index (χ0v) is 11.4. The number of hydrogen-bond donors (Lipinski definition) is 0. The maximum absolute atomic E-state index is 5.59. The molecule has 1 rings (SSSR count). The van der Waals surface area contributed by atoms with Crippen LogP contribution < -0.4 is 4.74 Å². The van der Waals surface area contributed by atoms with E-state index in [1.54, 1.807) is 0 Å². The van der Waals surface area contributed by atoms with Gasteiger partial charge in [-0.05, 0) is 43.9 Å². The summed E-state index contributed by atoms with van der Waals surface area (Å²) in [5.41, 5.74) is 1.37. The molecule has 0 aliphatic carbocycles. The molecule has 2 heteroatoms. The number of hydrogen-bond acceptors (Lipinski definition) is 2. The van der Waals surface area contributed by atoms with Crippen molar-refractivity contribution in [2.24, 2.45) is 5.92 Å². The summed E-state index contributed by atoms with van der Waals surface area (Å²) in [4.78, 5) is 0. The minimum absolute atomic E-state index is 0.270. The van der Waals surface area contributed by atoms with E-state index in [1.165, 1.54) is 5.56 Å². The molecule has 0 radical (unpaired) electrons. The van der Waals surface area contributed by atoms with Crippen molar-refractivity contribution in [1.82, 2.24) is 0 Å². The van der Waals surface area contributed by atoms with E-state index in [9.17, 15) is 0 Å². The zero-order valence-electron chi connectivity index (χ0n) is 11.4. The highest BCUT2D eigenvalue weighted by Crippen LogP contribution is 2.14. The highest BCUT2D eigenvalue weighted by atomic mass is 16.5. The molecular weight excluding hydrogens is 212 g/mol. The average molecular weight is 236 g/mol. The maximum Gasteiger partial charge on any atom is 0.119 e. The molecule has 0 saturated carbocycles. The third kappa shape index (κ3) is 6.32. The number of benzene rings is 1. The van der Waals surface area contributed by atoms with Gasteiger partial charge in [0.15, 0.2) is 0 Å². The maximum atomic E-state index is 5.59. The topological polar surface area (TPSA) is 18.5 Å². The second kappa shape index (κ2) is 7.33. The summed E-state index contributed by atoms with van der Waals surface area (Å²) in [5, 5.41) is 0. The molecule has 0 heterocycles. The van der Waals surface area contributed by atoms with E-state index in [2.05, 4.69) is 26.0 Å². The van der Waals surface area contributed by atoms with E-state index in [0.29, 0.717) is 19.1 Å². The van der Waals surface area contributed by atoms with Crippen LogP contribution in [0.25, 0.3) is 0 Å². The summed E-state index contributed by atoms with van der Waals surface area (Å²) >= 11 is 0. The van der Waals surface area contributed by atoms with Gasteiger partial charge in [-0.3, -0.25) is 0 Å². The molecule has 0 aliphatic rings. The van der Waals surface area contributed by atoms with Crippen molar-refractivity contribution in [3.8, 4) is 5.75 Å². The van der Waals surface area contributed by atoms with Crippen LogP contribution in [-0.2, 0) is 11.2 Å². The van der Waals surface area contributed by atoms with Crippen molar-refractivity contribution < 1.29 is 9.47 Å². The van der Waals surface area contributed by atoms with E-state index in [0.717, 1.165) is 12.2 Å². The molecule has 2 nitrogen and oxygen atoms in total. The Hall–Kier alpha value is -1.02. The fourth-order valence-corrected chi connectivity index (χ4v) is 1.64. The van der Waals surface area contributed by atoms with Crippen molar-refractivity contribution in [1.29, 1.82) is 0 Å². The summed E-state index contributed by atoms with van der Waals surface area (Å²) < 4.78 is 11.0. The lowest BCUT2D eigenvalue weighted by atomic mass is 10.0. The molecule has 0 N–H and O–H groups in total. The van der Waals surface area contributed by atoms with E-state index >= 15 is 0 Å². The summed E-state index contributed by atoms with van der Waals surface area (Å²) in [7, 11) is 0. The Balaban J connectivity index is 2.30. The van der Waals surface area contributed by atoms with Gasteiger partial charge in [0, 0.05) is 0 Å². The van der Waals surface area contributed by atoms with Gasteiger partial charge in [-0.2, -0.15) is 0 Å². The summed E-state index contributed by atoms with van der Waals surface area (Å²) in [6.07, 6.45) is 1.39. The SMILES string of the molecule is CC(C)Cc1ccc(OCCOC(C)C)cc1. The zero-order chi connectivity index (χ0) is 12.7. The third-order valence-electron chi connectivity index (χ3n) is 2.37. The molecule has 0 saturated heterocycles. The van der Waals surface area contributed by atoms with E-state index in [1.807, 2.05) is 26.0 Å². The lowest BCUT2D eigenvalue weighted by Crippen LogP contribution is -2.11. The van der Waals surface area contributed by atoms with Crippen LogP contribution in [0.4, 0.5) is 0 Å². The normalized spacial score (nSPS) is 11.2. The summed E-state index contributed by atoms with van der Waals surface area (Å²) in [5.74, 6) is 1.62. The van der Waals surface area contributed by atoms with Crippen LogP contribution in [0, 0.1) is 5.92 Å². The van der Waals surface area contributed by atoms with Crippen LogP contribution in [0.2, 0.25) is 0 Å². The number of rotatable bonds is 7. The Morgan fingerprint density at radius 2 is 1.59 bits per heavy atom. The molecule has 0 atom stereocenters. The van der Waals surface area contributed by atoms with Gasteiger partial charge in [-0.25, -0.2) is 0 Å². The molecule has 1 aromatic carbocycles. The van der Waals surface area contributed by atoms with Gasteiger partial charge in [-0.15, -0.1) is 0 Å². The van der Waals surface area contributed by atoms with Gasteiger partial charge < -0.3 is 9.47 Å². The van der Waals surface area contributed by atoms with Gasteiger partial charge in [0.25, 0.3) is 0 Å². The predicted molar refractivity (Wildman–Crippen MR) is 71.6 cm³/mol. The molecule has 0 spiro atoms. The van der Waals surface area contributed by atoms with Gasteiger partial charge in [-0.1, -0.05) is 26.0 Å². The fourth-order valence-electron chi connectivity index (χ4n) is 1.64. The molecule has 0 aromatic heterocycles. The number of ether oxygens (including phenoxy) is 2. The van der Waals surface area contributed by atoms with Gasteiger partial charge in [0.05, 0.1) is 12.7 Å². The van der Waals surface area contributed by atoms with Crippen LogP contribution in [0.5, 0.6) is 5.75 Å². The largest absolute Gasteiger partial charge is 0.491 e. The first kappa shape index (κ1) is 14.0. The highest BCUT2D eigenvalue weighted by molar-refractivity contribution is 5.27. The van der Waals surface area contributed by atoms with Crippen molar-refractivity contribution in [3.05, 3.63) is 29.8 Å². The molecule has 96 valence electrons. The molecular formula is C15H24O2. The van der Waals surface area contributed by atoms with Crippen molar-refractivity contribution in [3.63, 3.8) is 0 Å². The lowest BCUT2D eigenvalue weighted by molar-refractivity contribution is 0.0552. The van der Waals surface area contributed by atoms with Gasteiger partial charge in [0.1, 0.15) is 12.4 Å². The quantitative estimate of drug-likeness (QED) is 0.672. The molecule has 0 amide bonds. The van der Waals surface area contributed by atoms with Crippen molar-refractivity contribution in [2.75, 3.05) is 13.2 Å². The third-order valence-corrected chi connectivity index (χ3v) is 2.37. The Labute approximate surface area is 105 Å². The highest BCUT2D eigenvalue weighted by Gasteiger charge is 1.99. The first-order chi connectivity index (χ1) is 8.08. The van der Waals surface area contributed by atoms with Crippen LogP contribution in [0.3, 0.4) is 0 Å². The molecule has 1 aromatic rings. The minimum Gasteiger partial charge on any atom is -0.491 e. The first-order valence-electron chi connectivity index (χ1n) is 6.41. The smallest absolute Gasteiger partial charge is 0.119 e. The Morgan fingerprint density at radius 1 is 0.941 bits per heavy atom. The molecule has 0 fully saturated rings. The van der Waals surface area contributed by atoms with Gasteiger partial charge >= 0.3 is 0 Å². The molecule has 0 bridgehead atoms. The lowest BCUT2D eigenvalue weighted by Gasteiger charge is -2.10. The Kier molecular flexibility index (Phi) is 6.06. The van der Waals surface area contributed by atoms with Gasteiger partial charge in [0.2, 0.25) is 0 Å². The standard InChI is InChI=1S/C15H24O2/c1-12(2)11-14-5-7-15(8-6-14)17-10-9-16-13(3)4/h5-8,12-13H,9-11H2,1-4H3. The molecule has 0 unspecified atom stereocenters. The molecule has 17 heavy (non-hydrogen) atoms.